The summed E-state index contributed by atoms with van der Waals surface area (Å²) in [6.07, 6.45) is 11.2. The lowest BCUT2D eigenvalue weighted by molar-refractivity contribution is 0.221. The van der Waals surface area contributed by atoms with Crippen molar-refractivity contribution in [2.45, 2.75) is 63.4 Å². The van der Waals surface area contributed by atoms with E-state index in [1.807, 2.05) is 36.4 Å². The van der Waals surface area contributed by atoms with Gasteiger partial charge >= 0.3 is 0 Å². The molecule has 22 heavy (non-hydrogen) atoms. The van der Waals surface area contributed by atoms with Crippen molar-refractivity contribution in [3.63, 3.8) is 0 Å². The molecule has 0 fully saturated rings. The number of aliphatic hydroxyl groups excluding tert-OH is 1. The Bertz CT molecular complexity index is 469. The summed E-state index contributed by atoms with van der Waals surface area (Å²) in [4.78, 5) is 0. The fourth-order valence-electron chi connectivity index (χ4n) is 2.20. The topological polar surface area (TPSA) is 20.2 Å². The minimum atomic E-state index is -0.752. The largest absolute Gasteiger partial charge is 0.379 e. The van der Waals surface area contributed by atoms with Crippen LogP contribution in [0.15, 0.2) is 36.4 Å². The molecule has 0 aliphatic carbocycles. The van der Waals surface area contributed by atoms with Crippen LogP contribution in [0, 0.1) is 11.8 Å². The molecule has 2 unspecified atom stereocenters. The maximum absolute atomic E-state index is 9.92. The summed E-state index contributed by atoms with van der Waals surface area (Å²) in [6.45, 7) is 2.22. The Morgan fingerprint density at radius 3 is 2.50 bits per heavy atom. The van der Waals surface area contributed by atoms with Crippen LogP contribution in [0.5, 0.6) is 0 Å². The summed E-state index contributed by atoms with van der Waals surface area (Å²) in [6, 6.07) is 9.97. The second-order valence-corrected chi connectivity index (χ2v) is 6.11. The van der Waals surface area contributed by atoms with E-state index in [1.165, 1.54) is 32.1 Å². The normalized spacial score (nSPS) is 13.6. The highest BCUT2D eigenvalue weighted by Gasteiger charge is 2.12. The second-order valence-electron chi connectivity index (χ2n) is 5.55. The number of rotatable bonds is 9. The average Bonchev–Trinajstić information content (AvgIpc) is 2.55. The van der Waals surface area contributed by atoms with Crippen molar-refractivity contribution in [3.8, 4) is 11.8 Å². The first kappa shape index (κ1) is 18.8. The van der Waals surface area contributed by atoms with Crippen molar-refractivity contribution < 1.29 is 5.11 Å². The molecule has 0 amide bonds. The van der Waals surface area contributed by atoms with Crippen LogP contribution in [0.3, 0.4) is 0 Å². The van der Waals surface area contributed by atoms with Crippen molar-refractivity contribution in [1.82, 2.24) is 0 Å². The number of hydrogen-bond donors (Lipinski definition) is 1. The SMILES string of the molecule is CCCCCCCCC(Cl)C(O)C#C/C=C/c1ccccc1. The molecule has 1 N–H and O–H groups in total. The molecule has 1 rings (SSSR count). The molecule has 1 aromatic rings. The summed E-state index contributed by atoms with van der Waals surface area (Å²) in [5, 5.41) is 9.64. The van der Waals surface area contributed by atoms with Crippen LogP contribution >= 0.6 is 11.6 Å². The maximum atomic E-state index is 9.92. The average molecular weight is 319 g/mol. The zero-order valence-electron chi connectivity index (χ0n) is 13.5. The number of aliphatic hydroxyl groups is 1. The van der Waals surface area contributed by atoms with Gasteiger partial charge in [-0.1, -0.05) is 87.6 Å². The maximum Gasteiger partial charge on any atom is 0.131 e. The molecule has 2 atom stereocenters. The van der Waals surface area contributed by atoms with Crippen molar-refractivity contribution in [1.29, 1.82) is 0 Å². The Kier molecular flexibility index (Phi) is 10.5. The first-order chi connectivity index (χ1) is 10.7. The van der Waals surface area contributed by atoms with E-state index in [2.05, 4.69) is 18.8 Å². The molecule has 2 heteroatoms. The van der Waals surface area contributed by atoms with E-state index in [1.54, 1.807) is 6.08 Å². The number of allylic oxidation sites excluding steroid dienone is 1. The van der Waals surface area contributed by atoms with Crippen LogP contribution in [0.2, 0.25) is 0 Å². The zero-order valence-corrected chi connectivity index (χ0v) is 14.2. The zero-order chi connectivity index (χ0) is 16.0. The van der Waals surface area contributed by atoms with Crippen LogP contribution in [0.1, 0.15) is 57.4 Å². The first-order valence-electron chi connectivity index (χ1n) is 8.29. The minimum Gasteiger partial charge on any atom is -0.379 e. The molecule has 0 heterocycles. The third-order valence-electron chi connectivity index (χ3n) is 3.57. The standard InChI is InChI=1S/C20H27ClO/c1-2-3-4-5-6-10-16-19(21)20(22)17-12-11-15-18-13-8-7-9-14-18/h7-9,11,13-15,19-20,22H,2-6,10,16H2,1H3/b15-11+. The highest BCUT2D eigenvalue weighted by molar-refractivity contribution is 6.21. The van der Waals surface area contributed by atoms with E-state index < -0.39 is 6.10 Å². The summed E-state index contributed by atoms with van der Waals surface area (Å²) in [7, 11) is 0. The summed E-state index contributed by atoms with van der Waals surface area (Å²) in [5.41, 5.74) is 1.10. The van der Waals surface area contributed by atoms with Gasteiger partial charge in [0.15, 0.2) is 0 Å². The predicted molar refractivity (Wildman–Crippen MR) is 96.9 cm³/mol. The molecule has 0 aliphatic rings. The lowest BCUT2D eigenvalue weighted by Crippen LogP contribution is -2.18. The Balaban J connectivity index is 2.22. The molecule has 120 valence electrons. The van der Waals surface area contributed by atoms with Gasteiger partial charge in [-0.25, -0.2) is 0 Å². The van der Waals surface area contributed by atoms with Gasteiger partial charge in [0.05, 0.1) is 5.38 Å². The van der Waals surface area contributed by atoms with Gasteiger partial charge in [-0.05, 0) is 24.1 Å². The third kappa shape index (κ3) is 8.93. The van der Waals surface area contributed by atoms with Crippen LogP contribution in [0.4, 0.5) is 0 Å². The number of alkyl halides is 1. The van der Waals surface area contributed by atoms with Crippen molar-refractivity contribution in [2.24, 2.45) is 0 Å². The van der Waals surface area contributed by atoms with Crippen molar-refractivity contribution >= 4 is 17.7 Å². The summed E-state index contributed by atoms with van der Waals surface area (Å²) >= 11 is 6.19. The molecule has 0 saturated carbocycles. The Morgan fingerprint density at radius 1 is 1.09 bits per heavy atom. The molecule has 0 aliphatic heterocycles. The lowest BCUT2D eigenvalue weighted by atomic mass is 10.1. The summed E-state index contributed by atoms with van der Waals surface area (Å²) < 4.78 is 0. The van der Waals surface area contributed by atoms with Gasteiger partial charge in [0.2, 0.25) is 0 Å². The molecular formula is C20H27ClO. The molecule has 0 saturated heterocycles. The van der Waals surface area contributed by atoms with E-state index in [0.717, 1.165) is 18.4 Å². The lowest BCUT2D eigenvalue weighted by Gasteiger charge is -2.11. The highest BCUT2D eigenvalue weighted by Crippen LogP contribution is 2.14. The second kappa shape index (κ2) is 12.3. The van der Waals surface area contributed by atoms with E-state index >= 15 is 0 Å². The molecule has 0 aromatic heterocycles. The fraction of sp³-hybridized carbons (Fsp3) is 0.500. The van der Waals surface area contributed by atoms with E-state index in [9.17, 15) is 5.11 Å². The molecule has 1 aromatic carbocycles. The van der Waals surface area contributed by atoms with Crippen LogP contribution in [-0.2, 0) is 0 Å². The smallest absolute Gasteiger partial charge is 0.131 e. The van der Waals surface area contributed by atoms with Gasteiger partial charge < -0.3 is 5.11 Å². The Morgan fingerprint density at radius 2 is 1.77 bits per heavy atom. The number of hydrogen-bond acceptors (Lipinski definition) is 1. The van der Waals surface area contributed by atoms with Gasteiger partial charge in [-0.2, -0.15) is 0 Å². The molecule has 0 radical (unpaired) electrons. The molecule has 1 nitrogen and oxygen atoms in total. The highest BCUT2D eigenvalue weighted by atomic mass is 35.5. The van der Waals surface area contributed by atoms with E-state index in [0.29, 0.717) is 0 Å². The van der Waals surface area contributed by atoms with Crippen LogP contribution < -0.4 is 0 Å². The third-order valence-corrected chi connectivity index (χ3v) is 4.02. The fourth-order valence-corrected chi connectivity index (χ4v) is 2.42. The Labute approximate surface area is 140 Å². The van der Waals surface area contributed by atoms with Gasteiger partial charge in [0.1, 0.15) is 6.10 Å². The molecule has 0 bridgehead atoms. The number of unbranched alkanes of at least 4 members (excludes halogenated alkanes) is 5. The van der Waals surface area contributed by atoms with Crippen LogP contribution in [0.25, 0.3) is 6.08 Å². The quantitative estimate of drug-likeness (QED) is 0.366. The van der Waals surface area contributed by atoms with Gasteiger partial charge in [-0.15, -0.1) is 11.6 Å². The minimum absolute atomic E-state index is 0.274. The van der Waals surface area contributed by atoms with Gasteiger partial charge in [0.25, 0.3) is 0 Å². The van der Waals surface area contributed by atoms with Crippen molar-refractivity contribution in [2.75, 3.05) is 0 Å². The monoisotopic (exact) mass is 318 g/mol. The van der Waals surface area contributed by atoms with E-state index in [-0.39, 0.29) is 5.38 Å². The van der Waals surface area contributed by atoms with Gasteiger partial charge in [0, 0.05) is 0 Å². The predicted octanol–water partition coefficient (Wildman–Crippen LogP) is 5.42. The van der Waals surface area contributed by atoms with E-state index in [4.69, 9.17) is 11.6 Å². The van der Waals surface area contributed by atoms with Crippen LogP contribution in [-0.4, -0.2) is 16.6 Å². The first-order valence-corrected chi connectivity index (χ1v) is 8.72. The van der Waals surface area contributed by atoms with Crippen molar-refractivity contribution in [3.05, 3.63) is 42.0 Å². The molecular weight excluding hydrogens is 292 g/mol. The number of halogens is 1. The van der Waals surface area contributed by atoms with Gasteiger partial charge in [-0.3, -0.25) is 0 Å². The summed E-state index contributed by atoms with van der Waals surface area (Å²) in [5.74, 6) is 5.67. The Hall–Kier alpha value is -1.23. The molecule has 0 spiro atoms. The number of benzene rings is 1.